The molecule has 1 fully saturated rings. The molecular formula is C15H22O3S. The van der Waals surface area contributed by atoms with Gasteiger partial charge in [-0.3, -0.25) is 0 Å². The van der Waals surface area contributed by atoms with E-state index in [-0.39, 0.29) is 0 Å². The Hall–Kier alpha value is -0.870. The molecule has 1 aromatic rings. The minimum atomic E-state index is -3.16. The summed E-state index contributed by atoms with van der Waals surface area (Å²) in [4.78, 5) is 0. The van der Waals surface area contributed by atoms with E-state index in [0.717, 1.165) is 19.3 Å². The predicted octanol–water partition coefficient (Wildman–Crippen LogP) is 2.34. The monoisotopic (exact) mass is 282 g/mol. The summed E-state index contributed by atoms with van der Waals surface area (Å²) in [6, 6.07) is 10.1. The van der Waals surface area contributed by atoms with Crippen LogP contribution >= 0.6 is 0 Å². The van der Waals surface area contributed by atoms with Crippen LogP contribution in [-0.2, 0) is 16.3 Å². The highest BCUT2D eigenvalue weighted by Crippen LogP contribution is 2.38. The summed E-state index contributed by atoms with van der Waals surface area (Å²) in [6.07, 6.45) is 5.54. The Morgan fingerprint density at radius 1 is 1.32 bits per heavy atom. The second-order valence-corrected chi connectivity index (χ2v) is 7.88. The Morgan fingerprint density at radius 3 is 2.63 bits per heavy atom. The average molecular weight is 282 g/mol. The Labute approximate surface area is 115 Å². The lowest BCUT2D eigenvalue weighted by Crippen LogP contribution is -2.42. The molecule has 4 heteroatoms. The summed E-state index contributed by atoms with van der Waals surface area (Å²) in [7, 11) is -3.16. The maximum absolute atomic E-state index is 11.7. The Balaban J connectivity index is 1.94. The molecule has 0 aliphatic heterocycles. The molecule has 0 saturated heterocycles. The second-order valence-electron chi connectivity index (χ2n) is 5.65. The molecule has 19 heavy (non-hydrogen) atoms. The minimum Gasteiger partial charge on any atom is -0.389 e. The first kappa shape index (κ1) is 14.5. The zero-order chi connectivity index (χ0) is 13.9. The smallest absolute Gasteiger partial charge is 0.153 e. The first-order valence-electron chi connectivity index (χ1n) is 6.87. The van der Waals surface area contributed by atoms with Crippen molar-refractivity contribution in [2.24, 2.45) is 0 Å². The lowest BCUT2D eigenvalue weighted by atomic mass is 9.93. The molecule has 0 radical (unpaired) electrons. The van der Waals surface area contributed by atoms with E-state index < -0.39 is 20.7 Å². The van der Waals surface area contributed by atoms with Crippen molar-refractivity contribution in [2.45, 2.75) is 49.4 Å². The zero-order valence-corrected chi connectivity index (χ0v) is 12.2. The van der Waals surface area contributed by atoms with Crippen LogP contribution in [0.2, 0.25) is 0 Å². The van der Waals surface area contributed by atoms with E-state index in [1.54, 1.807) is 0 Å². The molecule has 2 unspecified atom stereocenters. The van der Waals surface area contributed by atoms with Gasteiger partial charge >= 0.3 is 0 Å². The van der Waals surface area contributed by atoms with Crippen LogP contribution in [0.3, 0.4) is 0 Å². The fourth-order valence-corrected chi connectivity index (χ4v) is 4.79. The van der Waals surface area contributed by atoms with Gasteiger partial charge < -0.3 is 5.11 Å². The maximum atomic E-state index is 11.7. The predicted molar refractivity (Wildman–Crippen MR) is 76.8 cm³/mol. The molecule has 106 valence electrons. The van der Waals surface area contributed by atoms with Crippen LogP contribution in [0, 0.1) is 0 Å². The highest BCUT2D eigenvalue weighted by Gasteiger charge is 2.46. The van der Waals surface area contributed by atoms with E-state index in [9.17, 15) is 13.5 Å². The molecule has 0 heterocycles. The molecule has 1 saturated carbocycles. The Kier molecular flexibility index (Phi) is 4.31. The van der Waals surface area contributed by atoms with Gasteiger partial charge in [-0.2, -0.15) is 0 Å². The third kappa shape index (κ3) is 3.57. The van der Waals surface area contributed by atoms with Gasteiger partial charge in [-0.1, -0.05) is 30.3 Å². The van der Waals surface area contributed by atoms with Crippen molar-refractivity contribution < 1.29 is 13.5 Å². The van der Waals surface area contributed by atoms with E-state index in [1.807, 2.05) is 18.2 Å². The van der Waals surface area contributed by atoms with Crippen LogP contribution in [0.25, 0.3) is 0 Å². The molecule has 1 aromatic carbocycles. The highest BCUT2D eigenvalue weighted by molar-refractivity contribution is 7.91. The quantitative estimate of drug-likeness (QED) is 0.902. The van der Waals surface area contributed by atoms with E-state index in [4.69, 9.17) is 0 Å². The highest BCUT2D eigenvalue weighted by atomic mass is 32.2. The second kappa shape index (κ2) is 5.63. The molecule has 3 nitrogen and oxygen atoms in total. The van der Waals surface area contributed by atoms with Crippen LogP contribution in [0.15, 0.2) is 30.3 Å². The number of benzene rings is 1. The molecule has 1 aliphatic rings. The van der Waals surface area contributed by atoms with Crippen molar-refractivity contribution in [3.8, 4) is 0 Å². The standard InChI is InChI=1S/C15H22O3S/c1-19(17,18)14-10-6-12-15(14,16)11-5-9-13-7-3-2-4-8-13/h2-4,7-8,14,16H,5-6,9-12H2,1H3. The topological polar surface area (TPSA) is 54.4 Å². The number of hydrogen-bond donors (Lipinski definition) is 1. The largest absolute Gasteiger partial charge is 0.389 e. The van der Waals surface area contributed by atoms with Gasteiger partial charge in [0.2, 0.25) is 0 Å². The number of sulfone groups is 1. The molecule has 2 atom stereocenters. The van der Waals surface area contributed by atoms with Crippen molar-refractivity contribution in [3.63, 3.8) is 0 Å². The summed E-state index contributed by atoms with van der Waals surface area (Å²) in [6.45, 7) is 0. The minimum absolute atomic E-state index is 0.569. The zero-order valence-electron chi connectivity index (χ0n) is 11.4. The van der Waals surface area contributed by atoms with Crippen LogP contribution < -0.4 is 0 Å². The van der Waals surface area contributed by atoms with Gasteiger partial charge in [0.25, 0.3) is 0 Å². The molecule has 0 amide bonds. The fourth-order valence-electron chi connectivity index (χ4n) is 3.17. The van der Waals surface area contributed by atoms with Crippen LogP contribution in [-0.4, -0.2) is 30.6 Å². The van der Waals surface area contributed by atoms with Crippen molar-refractivity contribution in [3.05, 3.63) is 35.9 Å². The van der Waals surface area contributed by atoms with Crippen LogP contribution in [0.1, 0.15) is 37.7 Å². The molecule has 0 spiro atoms. The van der Waals surface area contributed by atoms with Gasteiger partial charge in [-0.05, 0) is 44.1 Å². The lowest BCUT2D eigenvalue weighted by Gasteiger charge is -2.28. The van der Waals surface area contributed by atoms with E-state index in [1.165, 1.54) is 11.8 Å². The summed E-state index contributed by atoms with van der Waals surface area (Å²) in [5, 5.41) is 10.0. The summed E-state index contributed by atoms with van der Waals surface area (Å²) in [5.74, 6) is 0. The maximum Gasteiger partial charge on any atom is 0.153 e. The van der Waals surface area contributed by atoms with Crippen molar-refractivity contribution in [1.82, 2.24) is 0 Å². The fraction of sp³-hybridized carbons (Fsp3) is 0.600. The summed E-state index contributed by atoms with van der Waals surface area (Å²) in [5.41, 5.74) is 0.225. The number of aliphatic hydroxyl groups is 1. The van der Waals surface area contributed by atoms with E-state index in [2.05, 4.69) is 12.1 Å². The Morgan fingerprint density at radius 2 is 2.00 bits per heavy atom. The number of aryl methyl sites for hydroxylation is 1. The van der Waals surface area contributed by atoms with E-state index in [0.29, 0.717) is 19.3 Å². The summed E-state index contributed by atoms with van der Waals surface area (Å²) >= 11 is 0. The van der Waals surface area contributed by atoms with Gasteiger partial charge in [0.05, 0.1) is 10.9 Å². The van der Waals surface area contributed by atoms with Crippen molar-refractivity contribution >= 4 is 9.84 Å². The van der Waals surface area contributed by atoms with Gasteiger partial charge in [0.15, 0.2) is 9.84 Å². The van der Waals surface area contributed by atoms with Crippen LogP contribution in [0.5, 0.6) is 0 Å². The number of rotatable bonds is 5. The molecule has 1 N–H and O–H groups in total. The van der Waals surface area contributed by atoms with Crippen LogP contribution in [0.4, 0.5) is 0 Å². The first-order valence-corrected chi connectivity index (χ1v) is 8.82. The third-order valence-electron chi connectivity index (χ3n) is 4.11. The molecule has 2 rings (SSSR count). The SMILES string of the molecule is CS(=O)(=O)C1CCCC1(O)CCCc1ccccc1. The molecule has 1 aliphatic carbocycles. The normalized spacial score (nSPS) is 27.6. The van der Waals surface area contributed by atoms with Gasteiger partial charge in [0, 0.05) is 6.26 Å². The van der Waals surface area contributed by atoms with Gasteiger partial charge in [0.1, 0.15) is 0 Å². The third-order valence-corrected chi connectivity index (χ3v) is 5.82. The van der Waals surface area contributed by atoms with Crippen molar-refractivity contribution in [2.75, 3.05) is 6.26 Å². The summed E-state index contributed by atoms with van der Waals surface area (Å²) < 4.78 is 23.4. The van der Waals surface area contributed by atoms with Gasteiger partial charge in [-0.15, -0.1) is 0 Å². The molecule has 0 aromatic heterocycles. The Bertz CT molecular complexity index is 509. The average Bonchev–Trinajstić information content (AvgIpc) is 2.73. The number of hydrogen-bond acceptors (Lipinski definition) is 3. The van der Waals surface area contributed by atoms with E-state index >= 15 is 0 Å². The van der Waals surface area contributed by atoms with Crippen molar-refractivity contribution in [1.29, 1.82) is 0 Å². The molecular weight excluding hydrogens is 260 g/mol. The van der Waals surface area contributed by atoms with Gasteiger partial charge in [-0.25, -0.2) is 8.42 Å². The lowest BCUT2D eigenvalue weighted by molar-refractivity contribution is 0.0400. The molecule has 0 bridgehead atoms. The first-order chi connectivity index (χ1) is 8.92.